The average molecular weight is 405 g/mol. The molecule has 136 valence electrons. The Bertz CT molecular complexity index is 979. The van der Waals surface area contributed by atoms with Crippen LogP contribution in [0.3, 0.4) is 0 Å². The molecular weight excluding hydrogens is 384 g/mol. The molecule has 1 aromatic carbocycles. The fourth-order valence-electron chi connectivity index (χ4n) is 2.89. The second-order valence-electron chi connectivity index (χ2n) is 6.12. The van der Waals surface area contributed by atoms with Gasteiger partial charge in [0, 0.05) is 33.0 Å². The minimum atomic E-state index is -0.0246. The van der Waals surface area contributed by atoms with Crippen LogP contribution in [0.25, 0.3) is 10.9 Å². The second-order valence-corrected chi connectivity index (χ2v) is 8.51. The summed E-state index contributed by atoms with van der Waals surface area (Å²) in [5.74, 6) is 0. The van der Waals surface area contributed by atoms with Crippen LogP contribution in [0.2, 0.25) is 0 Å². The molecule has 0 aliphatic rings. The number of halogens is 1. The number of aromatic nitrogens is 1. The third-order valence-corrected chi connectivity index (χ3v) is 6.18. The molecule has 26 heavy (non-hydrogen) atoms. The van der Waals surface area contributed by atoms with Crippen LogP contribution in [-0.2, 0) is 13.1 Å². The van der Waals surface area contributed by atoms with Crippen LogP contribution in [0.4, 0.5) is 0 Å². The van der Waals surface area contributed by atoms with Gasteiger partial charge in [0.25, 0.3) is 5.56 Å². The molecule has 0 saturated heterocycles. The molecule has 0 bridgehead atoms. The number of fused-ring (bicyclic) bond motifs is 1. The van der Waals surface area contributed by atoms with Crippen molar-refractivity contribution in [3.05, 3.63) is 74.2 Å². The molecule has 0 amide bonds. The predicted octanol–water partition coefficient (Wildman–Crippen LogP) is 5.39. The summed E-state index contributed by atoms with van der Waals surface area (Å²) in [6.45, 7) is 6.69. The first-order chi connectivity index (χ1) is 12.5. The Morgan fingerprint density at radius 1 is 1.38 bits per heavy atom. The number of hydrogen-bond acceptors (Lipinski definition) is 4. The van der Waals surface area contributed by atoms with Gasteiger partial charge in [-0.3, -0.25) is 4.79 Å². The number of nitrogens with zero attached hydrogens (tertiary/aromatic N) is 1. The smallest absolute Gasteiger partial charge is 0.255 e. The number of allylic oxidation sites excluding steroid dienone is 1. The molecule has 3 rings (SSSR count). The van der Waals surface area contributed by atoms with Gasteiger partial charge in [0.1, 0.15) is 0 Å². The molecule has 0 spiro atoms. The highest BCUT2D eigenvalue weighted by molar-refractivity contribution is 7.98. The van der Waals surface area contributed by atoms with E-state index in [0.29, 0.717) is 18.1 Å². The van der Waals surface area contributed by atoms with Crippen molar-refractivity contribution in [1.29, 1.82) is 0 Å². The summed E-state index contributed by atoms with van der Waals surface area (Å²) >= 11 is 9.40. The van der Waals surface area contributed by atoms with Gasteiger partial charge in [-0.05, 0) is 48.2 Å². The molecule has 0 fully saturated rings. The van der Waals surface area contributed by atoms with Crippen molar-refractivity contribution in [1.82, 2.24) is 9.88 Å². The molecule has 3 aromatic rings. The third kappa shape index (κ3) is 4.23. The Labute approximate surface area is 166 Å². The van der Waals surface area contributed by atoms with Crippen molar-refractivity contribution in [2.45, 2.75) is 31.0 Å². The van der Waals surface area contributed by atoms with Gasteiger partial charge in [0.05, 0.1) is 12.1 Å². The lowest BCUT2D eigenvalue weighted by Gasteiger charge is -2.16. The van der Waals surface area contributed by atoms with E-state index in [1.807, 2.05) is 24.5 Å². The van der Waals surface area contributed by atoms with Crippen LogP contribution in [0.1, 0.15) is 23.4 Å². The number of nitrogens with one attached hydrogen (secondary N) is 1. The average Bonchev–Trinajstić information content (AvgIpc) is 3.16. The maximum atomic E-state index is 13.0. The number of thioether (sulfide) groups is 1. The van der Waals surface area contributed by atoms with Gasteiger partial charge in [-0.1, -0.05) is 30.3 Å². The largest absolute Gasteiger partial charge is 0.305 e. The first-order valence-electron chi connectivity index (χ1n) is 8.30. The lowest BCUT2D eigenvalue weighted by atomic mass is 10.1. The normalized spacial score (nSPS) is 12.4. The van der Waals surface area contributed by atoms with E-state index < -0.39 is 0 Å². The molecule has 2 heterocycles. The van der Waals surface area contributed by atoms with Crippen LogP contribution in [0.5, 0.6) is 0 Å². The Balaban J connectivity index is 1.98. The summed E-state index contributed by atoms with van der Waals surface area (Å²) in [5.41, 5.74) is 1.60. The molecule has 3 nitrogen and oxygen atoms in total. The van der Waals surface area contributed by atoms with Crippen molar-refractivity contribution in [2.24, 2.45) is 0 Å². The second kappa shape index (κ2) is 8.44. The molecule has 1 N–H and O–H groups in total. The van der Waals surface area contributed by atoms with Crippen LogP contribution >= 0.6 is 34.7 Å². The number of pyridine rings is 1. The zero-order valence-electron chi connectivity index (χ0n) is 14.8. The van der Waals surface area contributed by atoms with Gasteiger partial charge >= 0.3 is 0 Å². The van der Waals surface area contributed by atoms with Crippen LogP contribution in [-0.4, -0.2) is 10.8 Å². The Kier molecular flexibility index (Phi) is 6.24. The lowest BCUT2D eigenvalue weighted by Crippen LogP contribution is -2.28. The van der Waals surface area contributed by atoms with E-state index in [1.54, 1.807) is 27.7 Å². The minimum Gasteiger partial charge on any atom is -0.305 e. The Morgan fingerprint density at radius 2 is 2.19 bits per heavy atom. The van der Waals surface area contributed by atoms with Crippen LogP contribution in [0, 0.1) is 0 Å². The lowest BCUT2D eigenvalue weighted by molar-refractivity contribution is 0.577. The highest BCUT2D eigenvalue weighted by Crippen LogP contribution is 2.23. The highest BCUT2D eigenvalue weighted by Gasteiger charge is 2.12. The van der Waals surface area contributed by atoms with Gasteiger partial charge in [0.2, 0.25) is 0 Å². The number of benzene rings is 1. The standard InChI is InChI=1S/C20H21ClN2OS2/c1-13(21)12-23-18-10-17(25-3)7-6-15(18)9-16(20(23)24)11-22-14(2)19-5-4-8-26-19/h4-10,14,22H,1,11-12H2,2-3H3. The first-order valence-corrected chi connectivity index (χ1v) is 10.8. The van der Waals surface area contributed by atoms with Crippen LogP contribution in [0.15, 0.2) is 63.1 Å². The van der Waals surface area contributed by atoms with E-state index in [2.05, 4.69) is 42.4 Å². The van der Waals surface area contributed by atoms with Gasteiger partial charge < -0.3 is 9.88 Å². The fraction of sp³-hybridized carbons (Fsp3) is 0.250. The summed E-state index contributed by atoms with van der Waals surface area (Å²) < 4.78 is 1.72. The summed E-state index contributed by atoms with van der Waals surface area (Å²) in [4.78, 5) is 15.4. The van der Waals surface area contributed by atoms with E-state index >= 15 is 0 Å². The van der Waals surface area contributed by atoms with E-state index in [-0.39, 0.29) is 11.6 Å². The number of thiophene rings is 1. The topological polar surface area (TPSA) is 34.0 Å². The molecule has 1 atom stereocenters. The Hall–Kier alpha value is -1.53. The van der Waals surface area contributed by atoms with Crippen molar-refractivity contribution in [3.63, 3.8) is 0 Å². The summed E-state index contributed by atoms with van der Waals surface area (Å²) in [5, 5.41) is 6.98. The Morgan fingerprint density at radius 3 is 2.85 bits per heavy atom. The van der Waals surface area contributed by atoms with E-state index in [1.165, 1.54) is 4.88 Å². The number of hydrogen-bond donors (Lipinski definition) is 1. The summed E-state index contributed by atoms with van der Waals surface area (Å²) in [7, 11) is 0. The molecule has 0 radical (unpaired) electrons. The van der Waals surface area contributed by atoms with E-state index in [4.69, 9.17) is 11.6 Å². The van der Waals surface area contributed by atoms with Gasteiger partial charge in [-0.25, -0.2) is 0 Å². The van der Waals surface area contributed by atoms with Crippen molar-refractivity contribution >= 4 is 45.6 Å². The molecule has 0 aliphatic heterocycles. The monoisotopic (exact) mass is 404 g/mol. The molecule has 0 saturated carbocycles. The third-order valence-electron chi connectivity index (χ3n) is 4.28. The molecular formula is C20H21ClN2OS2. The van der Waals surface area contributed by atoms with Crippen molar-refractivity contribution < 1.29 is 0 Å². The predicted molar refractivity (Wildman–Crippen MR) is 115 cm³/mol. The van der Waals surface area contributed by atoms with E-state index in [0.717, 1.165) is 21.4 Å². The highest BCUT2D eigenvalue weighted by atomic mass is 35.5. The number of rotatable bonds is 7. The molecule has 0 aliphatic carbocycles. The molecule has 2 aromatic heterocycles. The summed E-state index contributed by atoms with van der Waals surface area (Å²) in [6.07, 6.45) is 2.02. The molecule has 1 unspecified atom stereocenters. The summed E-state index contributed by atoms with van der Waals surface area (Å²) in [6, 6.07) is 12.5. The SMILES string of the molecule is C=C(Cl)Cn1c(=O)c(CNC(C)c2cccs2)cc2ccc(SC)cc21. The minimum absolute atomic E-state index is 0.0246. The van der Waals surface area contributed by atoms with Crippen molar-refractivity contribution in [2.75, 3.05) is 6.26 Å². The van der Waals surface area contributed by atoms with Crippen molar-refractivity contribution in [3.8, 4) is 0 Å². The van der Waals surface area contributed by atoms with E-state index in [9.17, 15) is 4.79 Å². The fourth-order valence-corrected chi connectivity index (χ4v) is 4.21. The van der Waals surface area contributed by atoms with Gasteiger partial charge in [0.15, 0.2) is 0 Å². The van der Waals surface area contributed by atoms with Gasteiger partial charge in [-0.15, -0.1) is 23.1 Å². The molecule has 6 heteroatoms. The van der Waals surface area contributed by atoms with Gasteiger partial charge in [-0.2, -0.15) is 0 Å². The zero-order valence-corrected chi connectivity index (χ0v) is 17.2. The maximum absolute atomic E-state index is 13.0. The van der Waals surface area contributed by atoms with Crippen LogP contribution < -0.4 is 10.9 Å². The quantitative estimate of drug-likeness (QED) is 0.536. The maximum Gasteiger partial charge on any atom is 0.255 e. The first kappa shape index (κ1) is 19.2. The zero-order chi connectivity index (χ0) is 18.7.